The fourth-order valence-electron chi connectivity index (χ4n) is 3.52. The zero-order valence-electron chi connectivity index (χ0n) is 15.7. The first-order valence-corrected chi connectivity index (χ1v) is 9.95. The summed E-state index contributed by atoms with van der Waals surface area (Å²) >= 11 is 3.42. The van der Waals surface area contributed by atoms with E-state index in [1.54, 1.807) is 24.3 Å². The minimum atomic E-state index is -0.717. The molecule has 1 fully saturated rings. The molecule has 3 aromatic carbocycles. The number of aliphatic hydroxyl groups is 1. The molecule has 0 aliphatic carbocycles. The third-order valence-corrected chi connectivity index (χ3v) is 5.52. The van der Waals surface area contributed by atoms with Crippen LogP contribution in [0.4, 0.5) is 5.69 Å². The summed E-state index contributed by atoms with van der Waals surface area (Å²) in [4.78, 5) is 27.5. The smallest absolute Gasteiger partial charge is 0.300 e. The van der Waals surface area contributed by atoms with E-state index in [1.807, 2.05) is 61.5 Å². The zero-order valence-corrected chi connectivity index (χ0v) is 17.3. The Labute approximate surface area is 177 Å². The van der Waals surface area contributed by atoms with Gasteiger partial charge in [-0.15, -0.1) is 0 Å². The van der Waals surface area contributed by atoms with Crippen LogP contribution in [0.5, 0.6) is 0 Å². The Morgan fingerprint density at radius 1 is 0.897 bits per heavy atom. The Morgan fingerprint density at radius 2 is 1.52 bits per heavy atom. The van der Waals surface area contributed by atoms with Gasteiger partial charge in [-0.2, -0.15) is 0 Å². The van der Waals surface area contributed by atoms with Crippen molar-refractivity contribution in [1.82, 2.24) is 0 Å². The Bertz CT molecular complexity index is 1100. The lowest BCUT2D eigenvalue weighted by atomic mass is 9.95. The molecule has 1 saturated heterocycles. The van der Waals surface area contributed by atoms with Gasteiger partial charge in [0.05, 0.1) is 11.6 Å². The first kappa shape index (κ1) is 19.2. The monoisotopic (exact) mass is 447 g/mol. The minimum absolute atomic E-state index is 0.0871. The quantitative estimate of drug-likeness (QED) is 0.332. The predicted octanol–water partition coefficient (Wildman–Crippen LogP) is 5.38. The van der Waals surface area contributed by atoms with Crippen LogP contribution in [-0.4, -0.2) is 16.8 Å². The molecule has 0 spiro atoms. The lowest BCUT2D eigenvalue weighted by Gasteiger charge is -2.25. The van der Waals surface area contributed by atoms with Gasteiger partial charge in [-0.05, 0) is 36.8 Å². The first-order chi connectivity index (χ1) is 14.0. The number of hydrogen-bond acceptors (Lipinski definition) is 3. The Kier molecular flexibility index (Phi) is 5.07. The van der Waals surface area contributed by atoms with Gasteiger partial charge >= 0.3 is 0 Å². The van der Waals surface area contributed by atoms with Gasteiger partial charge in [0.1, 0.15) is 5.76 Å². The summed E-state index contributed by atoms with van der Waals surface area (Å²) in [7, 11) is 0. The third-order valence-electron chi connectivity index (χ3n) is 4.99. The number of hydrogen-bond donors (Lipinski definition) is 1. The van der Waals surface area contributed by atoms with E-state index in [0.29, 0.717) is 11.3 Å². The van der Waals surface area contributed by atoms with Crippen LogP contribution in [-0.2, 0) is 9.59 Å². The van der Waals surface area contributed by atoms with Crippen molar-refractivity contribution >= 4 is 39.1 Å². The number of carbonyl (C=O) groups excluding carboxylic acids is 2. The summed E-state index contributed by atoms with van der Waals surface area (Å²) < 4.78 is 0.886. The van der Waals surface area contributed by atoms with E-state index in [2.05, 4.69) is 15.9 Å². The van der Waals surface area contributed by atoms with Gasteiger partial charge in [0.15, 0.2) is 0 Å². The van der Waals surface area contributed by atoms with E-state index in [1.165, 1.54) is 4.90 Å². The molecule has 0 saturated carbocycles. The first-order valence-electron chi connectivity index (χ1n) is 9.16. The molecule has 0 radical (unpaired) electrons. The highest BCUT2D eigenvalue weighted by molar-refractivity contribution is 9.10. The Morgan fingerprint density at radius 3 is 2.14 bits per heavy atom. The summed E-state index contributed by atoms with van der Waals surface area (Å²) in [5.41, 5.74) is 2.98. The van der Waals surface area contributed by atoms with Crippen LogP contribution >= 0.6 is 15.9 Å². The van der Waals surface area contributed by atoms with Crippen molar-refractivity contribution in [3.8, 4) is 0 Å². The van der Waals surface area contributed by atoms with Crippen molar-refractivity contribution in [2.24, 2.45) is 0 Å². The van der Waals surface area contributed by atoms with Gasteiger partial charge in [-0.25, -0.2) is 0 Å². The molecule has 4 nitrogen and oxygen atoms in total. The van der Waals surface area contributed by atoms with Crippen LogP contribution in [0.15, 0.2) is 88.9 Å². The molecule has 0 unspecified atom stereocenters. The molecule has 1 aliphatic heterocycles. The highest BCUT2D eigenvalue weighted by Gasteiger charge is 2.46. The molecule has 0 aromatic heterocycles. The summed E-state index contributed by atoms with van der Waals surface area (Å²) in [6.07, 6.45) is 0. The molecule has 1 atom stereocenters. The summed E-state index contributed by atoms with van der Waals surface area (Å²) in [5, 5.41) is 11.0. The number of carbonyl (C=O) groups is 2. The standard InChI is InChI=1S/C24H18BrNO3/c1-15-7-13-19(14-8-15)26-21(16-9-11-18(25)12-10-16)20(23(28)24(26)29)22(27)17-5-3-2-4-6-17/h2-14,21,27H,1H3/t21-/m0/s1. The fraction of sp³-hybridized carbons (Fsp3) is 0.0833. The number of halogens is 1. The van der Waals surface area contributed by atoms with E-state index in [9.17, 15) is 14.7 Å². The normalized spacial score (nSPS) is 18.3. The molecule has 1 amide bonds. The number of rotatable bonds is 3. The molecule has 1 heterocycles. The van der Waals surface area contributed by atoms with Crippen LogP contribution in [0.3, 0.4) is 0 Å². The van der Waals surface area contributed by atoms with Crippen LogP contribution < -0.4 is 4.90 Å². The number of amides is 1. The third kappa shape index (κ3) is 3.49. The second-order valence-corrected chi connectivity index (χ2v) is 7.84. The molecule has 144 valence electrons. The van der Waals surface area contributed by atoms with Gasteiger partial charge < -0.3 is 5.11 Å². The number of aliphatic hydroxyl groups excluding tert-OH is 1. The number of aryl methyl sites for hydroxylation is 1. The largest absolute Gasteiger partial charge is 0.507 e. The Hall–Kier alpha value is -3.18. The average molecular weight is 448 g/mol. The molecular weight excluding hydrogens is 430 g/mol. The summed E-state index contributed by atoms with van der Waals surface area (Å²) in [6.45, 7) is 1.96. The predicted molar refractivity (Wildman–Crippen MR) is 117 cm³/mol. The number of anilines is 1. The van der Waals surface area contributed by atoms with Crippen LogP contribution in [0.2, 0.25) is 0 Å². The zero-order chi connectivity index (χ0) is 20.5. The van der Waals surface area contributed by atoms with Crippen LogP contribution in [0.1, 0.15) is 22.7 Å². The maximum Gasteiger partial charge on any atom is 0.300 e. The molecule has 1 N–H and O–H groups in total. The highest BCUT2D eigenvalue weighted by Crippen LogP contribution is 2.42. The average Bonchev–Trinajstić information content (AvgIpc) is 3.00. The fourth-order valence-corrected chi connectivity index (χ4v) is 3.78. The van der Waals surface area contributed by atoms with Gasteiger partial charge in [-0.3, -0.25) is 14.5 Å². The van der Waals surface area contributed by atoms with E-state index in [0.717, 1.165) is 15.6 Å². The van der Waals surface area contributed by atoms with E-state index in [-0.39, 0.29) is 11.3 Å². The lowest BCUT2D eigenvalue weighted by Crippen LogP contribution is -2.29. The van der Waals surface area contributed by atoms with Crippen LogP contribution in [0.25, 0.3) is 5.76 Å². The number of nitrogens with zero attached hydrogens (tertiary/aromatic N) is 1. The van der Waals surface area contributed by atoms with Crippen molar-refractivity contribution in [2.75, 3.05) is 4.90 Å². The maximum absolute atomic E-state index is 13.0. The van der Waals surface area contributed by atoms with Gasteiger partial charge in [0.25, 0.3) is 11.7 Å². The number of Topliss-reactive ketones (excluding diaryl/α,β-unsaturated/α-hetero) is 1. The van der Waals surface area contributed by atoms with Crippen molar-refractivity contribution < 1.29 is 14.7 Å². The van der Waals surface area contributed by atoms with Gasteiger partial charge in [-0.1, -0.05) is 76.1 Å². The topological polar surface area (TPSA) is 57.6 Å². The summed E-state index contributed by atoms with van der Waals surface area (Å²) in [5.74, 6) is -1.52. The van der Waals surface area contributed by atoms with E-state index in [4.69, 9.17) is 0 Å². The highest BCUT2D eigenvalue weighted by atomic mass is 79.9. The van der Waals surface area contributed by atoms with Crippen molar-refractivity contribution in [1.29, 1.82) is 0 Å². The second-order valence-electron chi connectivity index (χ2n) is 6.92. The molecule has 5 heteroatoms. The summed E-state index contributed by atoms with van der Waals surface area (Å²) in [6, 6.07) is 22.9. The second kappa shape index (κ2) is 7.68. The van der Waals surface area contributed by atoms with E-state index < -0.39 is 17.7 Å². The van der Waals surface area contributed by atoms with Gasteiger partial charge in [0, 0.05) is 15.7 Å². The number of ketones is 1. The Balaban J connectivity index is 1.94. The van der Waals surface area contributed by atoms with E-state index >= 15 is 0 Å². The molecule has 0 bridgehead atoms. The van der Waals surface area contributed by atoms with Crippen molar-refractivity contribution in [3.05, 3.63) is 106 Å². The maximum atomic E-state index is 13.0. The van der Waals surface area contributed by atoms with Gasteiger partial charge in [0.2, 0.25) is 0 Å². The molecule has 29 heavy (non-hydrogen) atoms. The molecule has 4 rings (SSSR count). The van der Waals surface area contributed by atoms with Crippen LogP contribution in [0, 0.1) is 6.92 Å². The minimum Gasteiger partial charge on any atom is -0.507 e. The van der Waals surface area contributed by atoms with Crippen molar-refractivity contribution in [2.45, 2.75) is 13.0 Å². The molecule has 1 aliphatic rings. The molecule has 3 aromatic rings. The molecular formula is C24H18BrNO3. The SMILES string of the molecule is Cc1ccc(N2C(=O)C(=O)C(=C(O)c3ccccc3)[C@@H]2c2ccc(Br)cc2)cc1. The van der Waals surface area contributed by atoms with Crippen molar-refractivity contribution in [3.63, 3.8) is 0 Å². The number of benzene rings is 3. The lowest BCUT2D eigenvalue weighted by molar-refractivity contribution is -0.132.